The lowest BCUT2D eigenvalue weighted by Gasteiger charge is -2.35. The number of aryl methyl sites for hydroxylation is 1. The van der Waals surface area contributed by atoms with Gasteiger partial charge in [0.1, 0.15) is 11.4 Å². The second-order valence-electron chi connectivity index (χ2n) is 6.90. The number of ether oxygens (including phenoxy) is 2. The van der Waals surface area contributed by atoms with Crippen LogP contribution < -0.4 is 4.74 Å². The van der Waals surface area contributed by atoms with E-state index in [1.54, 1.807) is 9.80 Å². The van der Waals surface area contributed by atoms with Crippen LogP contribution in [0.1, 0.15) is 26.3 Å². The first-order valence-electron chi connectivity index (χ1n) is 8.20. The maximum absolute atomic E-state index is 12.3. The SMILES string of the molecule is Cc1ccccc1OCC(=O)N1CCN(C(=O)OC(C)(C)C)CC1. The molecule has 24 heavy (non-hydrogen) atoms. The van der Waals surface area contributed by atoms with Crippen molar-refractivity contribution in [2.24, 2.45) is 0 Å². The van der Waals surface area contributed by atoms with E-state index in [1.807, 2.05) is 52.0 Å². The third kappa shape index (κ3) is 5.15. The molecule has 0 spiro atoms. The molecule has 6 nitrogen and oxygen atoms in total. The van der Waals surface area contributed by atoms with Crippen molar-refractivity contribution in [1.82, 2.24) is 9.80 Å². The summed E-state index contributed by atoms with van der Waals surface area (Å²) in [6.45, 7) is 9.42. The van der Waals surface area contributed by atoms with Crippen LogP contribution in [0.5, 0.6) is 5.75 Å². The van der Waals surface area contributed by atoms with Crippen molar-refractivity contribution in [2.75, 3.05) is 32.8 Å². The molecule has 2 rings (SSSR count). The highest BCUT2D eigenvalue weighted by molar-refractivity contribution is 5.78. The van der Waals surface area contributed by atoms with E-state index in [0.29, 0.717) is 26.2 Å². The predicted octanol–water partition coefficient (Wildman–Crippen LogP) is 2.45. The Hall–Kier alpha value is -2.24. The number of hydrogen-bond donors (Lipinski definition) is 0. The summed E-state index contributed by atoms with van der Waals surface area (Å²) in [5.74, 6) is 0.653. The fraction of sp³-hybridized carbons (Fsp3) is 0.556. The topological polar surface area (TPSA) is 59.1 Å². The van der Waals surface area contributed by atoms with Crippen LogP contribution in [0, 0.1) is 6.92 Å². The molecule has 1 aliphatic heterocycles. The van der Waals surface area contributed by atoms with E-state index in [2.05, 4.69) is 0 Å². The van der Waals surface area contributed by atoms with Crippen molar-refractivity contribution in [2.45, 2.75) is 33.3 Å². The van der Waals surface area contributed by atoms with Gasteiger partial charge in [0, 0.05) is 26.2 Å². The lowest BCUT2D eigenvalue weighted by Crippen LogP contribution is -2.52. The normalized spacial score (nSPS) is 15.2. The maximum Gasteiger partial charge on any atom is 0.410 e. The van der Waals surface area contributed by atoms with Crippen LogP contribution in [0.25, 0.3) is 0 Å². The lowest BCUT2D eigenvalue weighted by molar-refractivity contribution is -0.135. The van der Waals surface area contributed by atoms with Gasteiger partial charge in [-0.25, -0.2) is 4.79 Å². The van der Waals surface area contributed by atoms with Gasteiger partial charge >= 0.3 is 6.09 Å². The number of carbonyl (C=O) groups is 2. The number of piperazine rings is 1. The molecular formula is C18H26N2O4. The van der Waals surface area contributed by atoms with Gasteiger partial charge in [-0.3, -0.25) is 4.79 Å². The summed E-state index contributed by atoms with van der Waals surface area (Å²) in [7, 11) is 0. The van der Waals surface area contributed by atoms with Crippen molar-refractivity contribution in [3.63, 3.8) is 0 Å². The largest absolute Gasteiger partial charge is 0.484 e. The van der Waals surface area contributed by atoms with Gasteiger partial charge in [-0.15, -0.1) is 0 Å². The van der Waals surface area contributed by atoms with Crippen molar-refractivity contribution in [3.05, 3.63) is 29.8 Å². The van der Waals surface area contributed by atoms with Gasteiger partial charge in [-0.05, 0) is 39.3 Å². The molecule has 0 bridgehead atoms. The molecule has 1 heterocycles. The summed E-state index contributed by atoms with van der Waals surface area (Å²) in [4.78, 5) is 27.6. The standard InChI is InChI=1S/C18H26N2O4/c1-14-7-5-6-8-15(14)23-13-16(21)19-9-11-20(12-10-19)17(22)24-18(2,3)4/h5-8H,9-13H2,1-4H3. The summed E-state index contributed by atoms with van der Waals surface area (Å²) >= 11 is 0. The Morgan fingerprint density at radius 1 is 1.04 bits per heavy atom. The molecule has 0 unspecified atom stereocenters. The van der Waals surface area contributed by atoms with Crippen LogP contribution in [0.2, 0.25) is 0 Å². The number of benzene rings is 1. The van der Waals surface area contributed by atoms with Gasteiger partial charge in [-0.1, -0.05) is 18.2 Å². The highest BCUT2D eigenvalue weighted by Crippen LogP contribution is 2.16. The fourth-order valence-electron chi connectivity index (χ4n) is 2.41. The van der Waals surface area contributed by atoms with Gasteiger partial charge in [0.25, 0.3) is 5.91 Å². The molecule has 0 saturated carbocycles. The number of rotatable bonds is 3. The van der Waals surface area contributed by atoms with Gasteiger partial charge in [0.15, 0.2) is 6.61 Å². The minimum absolute atomic E-state index is 0.0112. The minimum Gasteiger partial charge on any atom is -0.484 e. The predicted molar refractivity (Wildman–Crippen MR) is 91.1 cm³/mol. The second kappa shape index (κ2) is 7.55. The summed E-state index contributed by atoms with van der Waals surface area (Å²) in [6.07, 6.45) is -0.328. The number of hydrogen-bond acceptors (Lipinski definition) is 4. The number of carbonyl (C=O) groups excluding carboxylic acids is 2. The summed E-state index contributed by atoms with van der Waals surface area (Å²) in [5, 5.41) is 0. The summed E-state index contributed by atoms with van der Waals surface area (Å²) in [5.41, 5.74) is 0.492. The van der Waals surface area contributed by atoms with Crippen LogP contribution in [-0.2, 0) is 9.53 Å². The average Bonchev–Trinajstić information content (AvgIpc) is 2.52. The molecule has 132 valence electrons. The maximum atomic E-state index is 12.3. The molecule has 1 saturated heterocycles. The zero-order valence-corrected chi connectivity index (χ0v) is 14.9. The molecule has 0 radical (unpaired) electrons. The van der Waals surface area contributed by atoms with E-state index in [0.717, 1.165) is 11.3 Å². The van der Waals surface area contributed by atoms with Gasteiger partial charge in [-0.2, -0.15) is 0 Å². The van der Waals surface area contributed by atoms with E-state index in [9.17, 15) is 9.59 Å². The third-order valence-electron chi connectivity index (χ3n) is 3.73. The molecule has 6 heteroatoms. The molecule has 2 amide bonds. The number of nitrogens with zero attached hydrogens (tertiary/aromatic N) is 2. The molecular weight excluding hydrogens is 308 g/mol. The Balaban J connectivity index is 1.78. The monoisotopic (exact) mass is 334 g/mol. The van der Waals surface area contributed by atoms with Crippen molar-refractivity contribution >= 4 is 12.0 Å². The summed E-state index contributed by atoms with van der Waals surface area (Å²) < 4.78 is 10.9. The quantitative estimate of drug-likeness (QED) is 0.852. The molecule has 0 aromatic heterocycles. The van der Waals surface area contributed by atoms with E-state index in [4.69, 9.17) is 9.47 Å². The Labute approximate surface area is 143 Å². The highest BCUT2D eigenvalue weighted by atomic mass is 16.6. The van der Waals surface area contributed by atoms with E-state index in [-0.39, 0.29) is 18.6 Å². The Kier molecular flexibility index (Phi) is 5.70. The summed E-state index contributed by atoms with van der Waals surface area (Å²) in [6, 6.07) is 7.61. The Bertz CT molecular complexity index is 587. The second-order valence-corrected chi connectivity index (χ2v) is 6.90. The highest BCUT2D eigenvalue weighted by Gasteiger charge is 2.27. The van der Waals surface area contributed by atoms with E-state index >= 15 is 0 Å². The van der Waals surface area contributed by atoms with Crippen molar-refractivity contribution in [3.8, 4) is 5.75 Å². The smallest absolute Gasteiger partial charge is 0.410 e. The first-order valence-corrected chi connectivity index (χ1v) is 8.20. The fourth-order valence-corrected chi connectivity index (χ4v) is 2.41. The average molecular weight is 334 g/mol. The third-order valence-corrected chi connectivity index (χ3v) is 3.73. The molecule has 1 aromatic carbocycles. The van der Waals surface area contributed by atoms with Crippen LogP contribution in [-0.4, -0.2) is 60.2 Å². The molecule has 0 atom stereocenters. The number of amides is 2. The van der Waals surface area contributed by atoms with Crippen LogP contribution in [0.4, 0.5) is 4.79 Å². The molecule has 0 aliphatic carbocycles. The van der Waals surface area contributed by atoms with Crippen molar-refractivity contribution < 1.29 is 19.1 Å². The zero-order chi connectivity index (χ0) is 17.7. The molecule has 1 aromatic rings. The van der Waals surface area contributed by atoms with Crippen LogP contribution in [0.3, 0.4) is 0 Å². The van der Waals surface area contributed by atoms with Crippen LogP contribution in [0.15, 0.2) is 24.3 Å². The zero-order valence-electron chi connectivity index (χ0n) is 14.9. The van der Waals surface area contributed by atoms with Gasteiger partial charge < -0.3 is 19.3 Å². The first kappa shape index (κ1) is 18.1. The molecule has 1 fully saturated rings. The van der Waals surface area contributed by atoms with Gasteiger partial charge in [0.05, 0.1) is 0 Å². The number of para-hydroxylation sites is 1. The Morgan fingerprint density at radius 3 is 2.21 bits per heavy atom. The minimum atomic E-state index is -0.509. The van der Waals surface area contributed by atoms with Crippen LogP contribution >= 0.6 is 0 Å². The van der Waals surface area contributed by atoms with E-state index < -0.39 is 5.60 Å². The molecule has 0 N–H and O–H groups in total. The lowest BCUT2D eigenvalue weighted by atomic mass is 10.2. The first-order chi connectivity index (χ1) is 11.3. The van der Waals surface area contributed by atoms with Gasteiger partial charge in [0.2, 0.25) is 0 Å². The Morgan fingerprint density at radius 2 is 1.62 bits per heavy atom. The van der Waals surface area contributed by atoms with Crippen molar-refractivity contribution in [1.29, 1.82) is 0 Å². The van der Waals surface area contributed by atoms with E-state index in [1.165, 1.54) is 0 Å². The molecule has 1 aliphatic rings.